The van der Waals surface area contributed by atoms with E-state index in [1.165, 1.54) is 12.1 Å². The zero-order valence-corrected chi connectivity index (χ0v) is 8.27. The van der Waals surface area contributed by atoms with Gasteiger partial charge in [-0.3, -0.25) is 0 Å². The van der Waals surface area contributed by atoms with Gasteiger partial charge in [-0.05, 0) is 24.3 Å². The zero-order valence-electron chi connectivity index (χ0n) is 8.27. The Morgan fingerprint density at radius 1 is 1.20 bits per heavy atom. The van der Waals surface area contributed by atoms with E-state index in [-0.39, 0.29) is 0 Å². The largest absolute Gasteiger partial charge is 0.416 e. The van der Waals surface area contributed by atoms with Gasteiger partial charge in [0, 0.05) is 19.3 Å². The van der Waals surface area contributed by atoms with Crippen LogP contribution >= 0.6 is 0 Å². The Morgan fingerprint density at radius 3 is 2.27 bits per heavy atom. The monoisotopic (exact) mass is 219 g/mol. The molecule has 0 saturated heterocycles. The number of hydrogen-bond donors (Lipinski definition) is 1. The third kappa shape index (κ3) is 3.79. The molecule has 0 unspecified atom stereocenters. The number of methoxy groups -OCH3 is 1. The van der Waals surface area contributed by atoms with Crippen LogP contribution in [0.5, 0.6) is 0 Å². The maximum atomic E-state index is 12.2. The van der Waals surface area contributed by atoms with Gasteiger partial charge in [0.2, 0.25) is 0 Å². The van der Waals surface area contributed by atoms with Crippen molar-refractivity contribution < 1.29 is 17.9 Å². The first-order valence-electron chi connectivity index (χ1n) is 4.44. The molecule has 0 aliphatic carbocycles. The predicted octanol–water partition coefficient (Wildman–Crippen LogP) is 2.76. The third-order valence-corrected chi connectivity index (χ3v) is 1.85. The summed E-state index contributed by atoms with van der Waals surface area (Å²) in [6.45, 7) is 1.09. The van der Waals surface area contributed by atoms with Gasteiger partial charge in [0.15, 0.2) is 0 Å². The van der Waals surface area contributed by atoms with Crippen molar-refractivity contribution in [3.8, 4) is 0 Å². The van der Waals surface area contributed by atoms with Crippen LogP contribution in [-0.4, -0.2) is 20.3 Å². The average Bonchev–Trinajstić information content (AvgIpc) is 2.18. The summed E-state index contributed by atoms with van der Waals surface area (Å²) in [5.74, 6) is 0. The quantitative estimate of drug-likeness (QED) is 0.786. The van der Waals surface area contributed by atoms with E-state index in [0.29, 0.717) is 18.8 Å². The molecule has 0 amide bonds. The number of hydrogen-bond acceptors (Lipinski definition) is 2. The minimum absolute atomic E-state index is 0.515. The van der Waals surface area contributed by atoms with Gasteiger partial charge < -0.3 is 10.1 Å². The first-order valence-corrected chi connectivity index (χ1v) is 4.44. The Kier molecular flexibility index (Phi) is 3.96. The first kappa shape index (κ1) is 11.8. The fraction of sp³-hybridized carbons (Fsp3) is 0.400. The maximum absolute atomic E-state index is 12.2. The highest BCUT2D eigenvalue weighted by molar-refractivity contribution is 5.45. The normalized spacial score (nSPS) is 11.5. The fourth-order valence-corrected chi connectivity index (χ4v) is 1.07. The van der Waals surface area contributed by atoms with Gasteiger partial charge in [-0.25, -0.2) is 0 Å². The molecule has 15 heavy (non-hydrogen) atoms. The van der Waals surface area contributed by atoms with Crippen molar-refractivity contribution in [3.63, 3.8) is 0 Å². The van der Waals surface area contributed by atoms with Crippen LogP contribution in [0.25, 0.3) is 0 Å². The van der Waals surface area contributed by atoms with Gasteiger partial charge in [0.25, 0.3) is 0 Å². The van der Waals surface area contributed by atoms with Crippen LogP contribution in [0, 0.1) is 0 Å². The number of anilines is 1. The highest BCUT2D eigenvalue weighted by atomic mass is 19.4. The van der Waals surface area contributed by atoms with E-state index in [1.807, 2.05) is 0 Å². The topological polar surface area (TPSA) is 21.3 Å². The lowest BCUT2D eigenvalue weighted by molar-refractivity contribution is -0.137. The summed E-state index contributed by atoms with van der Waals surface area (Å²) in [7, 11) is 1.56. The van der Waals surface area contributed by atoms with E-state index in [0.717, 1.165) is 12.1 Å². The molecule has 1 rings (SSSR count). The Labute approximate surface area is 86.1 Å². The van der Waals surface area contributed by atoms with Gasteiger partial charge in [-0.1, -0.05) is 0 Å². The molecule has 0 aliphatic heterocycles. The Morgan fingerprint density at radius 2 is 1.80 bits per heavy atom. The number of halogens is 3. The molecule has 0 fully saturated rings. The van der Waals surface area contributed by atoms with E-state index in [1.54, 1.807) is 7.11 Å². The van der Waals surface area contributed by atoms with Crippen LogP contribution in [0.3, 0.4) is 0 Å². The molecule has 1 aromatic carbocycles. The van der Waals surface area contributed by atoms with Gasteiger partial charge in [-0.2, -0.15) is 13.2 Å². The lowest BCUT2D eigenvalue weighted by Gasteiger charge is -2.08. The van der Waals surface area contributed by atoms with Gasteiger partial charge in [-0.15, -0.1) is 0 Å². The molecular weight excluding hydrogens is 207 g/mol. The minimum atomic E-state index is -4.27. The zero-order chi connectivity index (χ0) is 11.3. The predicted molar refractivity (Wildman–Crippen MR) is 51.8 cm³/mol. The number of nitrogens with one attached hydrogen (secondary N) is 1. The molecule has 0 aliphatic rings. The second-order valence-corrected chi connectivity index (χ2v) is 2.99. The second-order valence-electron chi connectivity index (χ2n) is 2.99. The Balaban J connectivity index is 2.57. The molecule has 5 heteroatoms. The van der Waals surface area contributed by atoms with Crippen LogP contribution in [0.4, 0.5) is 18.9 Å². The van der Waals surface area contributed by atoms with E-state index < -0.39 is 11.7 Å². The average molecular weight is 219 g/mol. The van der Waals surface area contributed by atoms with Gasteiger partial charge in [0.05, 0.1) is 12.2 Å². The van der Waals surface area contributed by atoms with Crippen molar-refractivity contribution in [3.05, 3.63) is 29.8 Å². The summed E-state index contributed by atoms with van der Waals surface area (Å²) >= 11 is 0. The molecule has 0 heterocycles. The van der Waals surface area contributed by atoms with Crippen LogP contribution in [0.1, 0.15) is 5.56 Å². The molecule has 0 spiro atoms. The summed E-state index contributed by atoms with van der Waals surface area (Å²) < 4.78 is 41.4. The number of benzene rings is 1. The second kappa shape index (κ2) is 5.02. The van der Waals surface area contributed by atoms with Gasteiger partial charge in [0.1, 0.15) is 0 Å². The molecule has 0 atom stereocenters. The van der Waals surface area contributed by atoms with Crippen molar-refractivity contribution in [1.29, 1.82) is 0 Å². The lowest BCUT2D eigenvalue weighted by Crippen LogP contribution is -2.08. The molecule has 2 nitrogen and oxygen atoms in total. The molecule has 0 aromatic heterocycles. The molecular formula is C10H12F3NO. The van der Waals surface area contributed by atoms with Crippen LogP contribution in [0.15, 0.2) is 24.3 Å². The summed E-state index contributed by atoms with van der Waals surface area (Å²) in [6, 6.07) is 4.90. The lowest BCUT2D eigenvalue weighted by atomic mass is 10.2. The highest BCUT2D eigenvalue weighted by Crippen LogP contribution is 2.29. The molecule has 0 bridgehead atoms. The molecule has 84 valence electrons. The van der Waals surface area contributed by atoms with E-state index in [4.69, 9.17) is 4.74 Å². The number of ether oxygens (including phenoxy) is 1. The smallest absolute Gasteiger partial charge is 0.383 e. The molecule has 0 saturated carbocycles. The first-order chi connectivity index (χ1) is 7.04. The Bertz CT molecular complexity index is 295. The van der Waals surface area contributed by atoms with Crippen LogP contribution in [0.2, 0.25) is 0 Å². The van der Waals surface area contributed by atoms with Crippen molar-refractivity contribution in [2.45, 2.75) is 6.18 Å². The Hall–Kier alpha value is -1.23. The molecule has 0 radical (unpaired) electrons. The highest BCUT2D eigenvalue weighted by Gasteiger charge is 2.29. The SMILES string of the molecule is COCCNc1ccc(C(F)(F)F)cc1. The van der Waals surface area contributed by atoms with Crippen molar-refractivity contribution in [2.24, 2.45) is 0 Å². The fourth-order valence-electron chi connectivity index (χ4n) is 1.07. The standard InChI is InChI=1S/C10H12F3NO/c1-15-7-6-14-9-4-2-8(3-5-9)10(11,12)13/h2-5,14H,6-7H2,1H3. The molecule has 1 N–H and O–H groups in total. The van der Waals surface area contributed by atoms with Crippen molar-refractivity contribution in [2.75, 3.05) is 25.6 Å². The summed E-state index contributed by atoms with van der Waals surface area (Å²) in [5.41, 5.74) is 0.0137. The van der Waals surface area contributed by atoms with Crippen LogP contribution in [-0.2, 0) is 10.9 Å². The van der Waals surface area contributed by atoms with E-state index in [9.17, 15) is 13.2 Å². The minimum Gasteiger partial charge on any atom is -0.383 e. The summed E-state index contributed by atoms with van der Waals surface area (Å²) in [4.78, 5) is 0. The third-order valence-electron chi connectivity index (χ3n) is 1.85. The van der Waals surface area contributed by atoms with Gasteiger partial charge >= 0.3 is 6.18 Å². The van der Waals surface area contributed by atoms with E-state index >= 15 is 0 Å². The molecule has 1 aromatic rings. The maximum Gasteiger partial charge on any atom is 0.416 e. The van der Waals surface area contributed by atoms with Crippen molar-refractivity contribution >= 4 is 5.69 Å². The van der Waals surface area contributed by atoms with Crippen LogP contribution < -0.4 is 5.32 Å². The van der Waals surface area contributed by atoms with Crippen molar-refractivity contribution in [1.82, 2.24) is 0 Å². The summed E-state index contributed by atoms with van der Waals surface area (Å²) in [6.07, 6.45) is -4.27. The van der Waals surface area contributed by atoms with E-state index in [2.05, 4.69) is 5.32 Å². The number of rotatable bonds is 4. The number of alkyl halides is 3. The summed E-state index contributed by atoms with van der Waals surface area (Å²) in [5, 5.41) is 2.93.